The lowest BCUT2D eigenvalue weighted by atomic mass is 9.89. The van der Waals surface area contributed by atoms with Crippen molar-refractivity contribution in [2.45, 2.75) is 32.1 Å². The lowest BCUT2D eigenvalue weighted by molar-refractivity contribution is -0.115. The Kier molecular flexibility index (Phi) is 7.55. The first-order chi connectivity index (χ1) is 9.24. The van der Waals surface area contributed by atoms with Gasteiger partial charge in [0.15, 0.2) is 0 Å². The fourth-order valence-electron chi connectivity index (χ4n) is 2.55. The zero-order valence-corrected chi connectivity index (χ0v) is 12.3. The highest BCUT2D eigenvalue weighted by Crippen LogP contribution is 2.22. The van der Waals surface area contributed by atoms with E-state index in [4.69, 9.17) is 0 Å². The van der Waals surface area contributed by atoms with Crippen LogP contribution in [0.2, 0.25) is 0 Å². The lowest BCUT2D eigenvalue weighted by Gasteiger charge is -2.21. The summed E-state index contributed by atoms with van der Waals surface area (Å²) in [5, 5.41) is 5.86. The van der Waals surface area contributed by atoms with Gasteiger partial charge in [0.25, 0.3) is 0 Å². The van der Waals surface area contributed by atoms with Crippen molar-refractivity contribution in [1.82, 2.24) is 5.32 Å². The Balaban J connectivity index is 0.00000200. The zero-order valence-electron chi connectivity index (χ0n) is 11.5. The Bertz CT molecular complexity index is 422. The summed E-state index contributed by atoms with van der Waals surface area (Å²) in [5.41, 5.74) is 0.504. The number of carbonyl (C=O) groups is 1. The molecule has 1 aromatic rings. The van der Waals surface area contributed by atoms with Gasteiger partial charge in [-0.05, 0) is 43.5 Å². The van der Waals surface area contributed by atoms with E-state index in [9.17, 15) is 9.18 Å². The van der Waals surface area contributed by atoms with Gasteiger partial charge in [-0.15, -0.1) is 12.4 Å². The normalized spacial score (nSPS) is 15.4. The second-order valence-electron chi connectivity index (χ2n) is 5.19. The molecule has 0 heterocycles. The second kappa shape index (κ2) is 8.93. The summed E-state index contributed by atoms with van der Waals surface area (Å²) in [6.45, 7) is 1.18. The minimum absolute atomic E-state index is 0. The van der Waals surface area contributed by atoms with Gasteiger partial charge in [-0.3, -0.25) is 4.79 Å². The van der Waals surface area contributed by atoms with Crippen molar-refractivity contribution in [2.24, 2.45) is 5.92 Å². The average molecular weight is 301 g/mol. The van der Waals surface area contributed by atoms with Crippen LogP contribution in [0.4, 0.5) is 10.1 Å². The highest BCUT2D eigenvalue weighted by molar-refractivity contribution is 5.92. The minimum atomic E-state index is -0.340. The molecule has 1 fully saturated rings. The third kappa shape index (κ3) is 5.88. The first kappa shape index (κ1) is 16.9. The van der Waals surface area contributed by atoms with Crippen LogP contribution in [-0.4, -0.2) is 19.0 Å². The van der Waals surface area contributed by atoms with Crippen LogP contribution in [0.15, 0.2) is 24.3 Å². The average Bonchev–Trinajstić information content (AvgIpc) is 2.40. The molecule has 3 nitrogen and oxygen atoms in total. The van der Waals surface area contributed by atoms with E-state index in [1.54, 1.807) is 12.1 Å². The van der Waals surface area contributed by atoms with Gasteiger partial charge in [-0.2, -0.15) is 0 Å². The van der Waals surface area contributed by atoms with Gasteiger partial charge < -0.3 is 10.6 Å². The molecule has 0 atom stereocenters. The predicted octanol–water partition coefficient (Wildman–Crippen LogP) is 3.36. The molecule has 0 spiro atoms. The van der Waals surface area contributed by atoms with E-state index in [0.717, 1.165) is 6.54 Å². The Morgan fingerprint density at radius 3 is 2.70 bits per heavy atom. The number of hydrogen-bond acceptors (Lipinski definition) is 2. The van der Waals surface area contributed by atoms with Gasteiger partial charge in [-0.1, -0.05) is 25.3 Å². The molecule has 1 aliphatic carbocycles. The highest BCUT2D eigenvalue weighted by atomic mass is 35.5. The SMILES string of the molecule is Cl.O=C(CNCC1CCCCC1)Nc1cccc(F)c1. The van der Waals surface area contributed by atoms with Crippen LogP contribution in [0.5, 0.6) is 0 Å². The van der Waals surface area contributed by atoms with Crippen LogP contribution in [-0.2, 0) is 4.79 Å². The quantitative estimate of drug-likeness (QED) is 0.875. The maximum atomic E-state index is 12.9. The van der Waals surface area contributed by atoms with E-state index in [1.807, 2.05) is 0 Å². The van der Waals surface area contributed by atoms with Crippen molar-refractivity contribution in [2.75, 3.05) is 18.4 Å². The van der Waals surface area contributed by atoms with Crippen molar-refractivity contribution in [1.29, 1.82) is 0 Å². The van der Waals surface area contributed by atoms with Crippen molar-refractivity contribution < 1.29 is 9.18 Å². The molecule has 0 saturated heterocycles. The van der Waals surface area contributed by atoms with Crippen LogP contribution in [0.1, 0.15) is 32.1 Å². The number of nitrogens with one attached hydrogen (secondary N) is 2. The van der Waals surface area contributed by atoms with Gasteiger partial charge in [0, 0.05) is 5.69 Å². The van der Waals surface area contributed by atoms with E-state index in [2.05, 4.69) is 10.6 Å². The van der Waals surface area contributed by atoms with Gasteiger partial charge in [0.05, 0.1) is 6.54 Å². The third-order valence-corrected chi connectivity index (χ3v) is 3.55. The number of benzene rings is 1. The molecule has 2 rings (SSSR count). The number of carbonyl (C=O) groups excluding carboxylic acids is 1. The number of rotatable bonds is 5. The summed E-state index contributed by atoms with van der Waals surface area (Å²) in [7, 11) is 0. The van der Waals surface area contributed by atoms with E-state index in [0.29, 0.717) is 11.6 Å². The Hall–Kier alpha value is -1.13. The van der Waals surface area contributed by atoms with Gasteiger partial charge >= 0.3 is 0 Å². The first-order valence-electron chi connectivity index (χ1n) is 7.00. The molecule has 0 unspecified atom stereocenters. The summed E-state index contributed by atoms with van der Waals surface area (Å²) in [4.78, 5) is 11.7. The lowest BCUT2D eigenvalue weighted by Crippen LogP contribution is -2.32. The molecule has 5 heteroatoms. The molecule has 1 saturated carbocycles. The van der Waals surface area contributed by atoms with E-state index >= 15 is 0 Å². The standard InChI is InChI=1S/C15H21FN2O.ClH/c16-13-7-4-8-14(9-13)18-15(19)11-17-10-12-5-2-1-3-6-12;/h4,7-9,12,17H,1-3,5-6,10-11H2,(H,18,19);1H. The van der Waals surface area contributed by atoms with Crippen molar-refractivity contribution in [3.05, 3.63) is 30.1 Å². The molecule has 1 aliphatic rings. The number of hydrogen-bond donors (Lipinski definition) is 2. The maximum Gasteiger partial charge on any atom is 0.238 e. The molecule has 1 amide bonds. The largest absolute Gasteiger partial charge is 0.325 e. The molecular weight excluding hydrogens is 279 g/mol. The summed E-state index contributed by atoms with van der Waals surface area (Å²) in [6, 6.07) is 5.94. The Morgan fingerprint density at radius 1 is 1.25 bits per heavy atom. The molecular formula is C15H22ClFN2O. The Morgan fingerprint density at radius 2 is 2.00 bits per heavy atom. The molecule has 0 aliphatic heterocycles. The molecule has 112 valence electrons. The van der Waals surface area contributed by atoms with Crippen LogP contribution in [0.3, 0.4) is 0 Å². The second-order valence-corrected chi connectivity index (χ2v) is 5.19. The molecule has 2 N–H and O–H groups in total. The van der Waals surface area contributed by atoms with Crippen LogP contribution >= 0.6 is 12.4 Å². The number of amides is 1. The fourth-order valence-corrected chi connectivity index (χ4v) is 2.55. The zero-order chi connectivity index (χ0) is 13.5. The molecule has 0 aromatic heterocycles. The van der Waals surface area contributed by atoms with Gasteiger partial charge in [0.1, 0.15) is 5.82 Å². The predicted molar refractivity (Wildman–Crippen MR) is 81.7 cm³/mol. The van der Waals surface area contributed by atoms with Gasteiger partial charge in [0.2, 0.25) is 5.91 Å². The molecule has 20 heavy (non-hydrogen) atoms. The number of halogens is 2. The summed E-state index contributed by atoms with van der Waals surface area (Å²) in [5.74, 6) is 0.241. The van der Waals surface area contributed by atoms with E-state index in [1.165, 1.54) is 44.2 Å². The van der Waals surface area contributed by atoms with Crippen molar-refractivity contribution in [3.63, 3.8) is 0 Å². The third-order valence-electron chi connectivity index (χ3n) is 3.55. The molecule has 0 bridgehead atoms. The smallest absolute Gasteiger partial charge is 0.238 e. The summed E-state index contributed by atoms with van der Waals surface area (Å²) in [6.07, 6.45) is 6.48. The van der Waals surface area contributed by atoms with Crippen molar-refractivity contribution >= 4 is 24.0 Å². The van der Waals surface area contributed by atoms with Crippen LogP contribution < -0.4 is 10.6 Å². The highest BCUT2D eigenvalue weighted by Gasteiger charge is 2.13. The topological polar surface area (TPSA) is 41.1 Å². The van der Waals surface area contributed by atoms with Crippen LogP contribution in [0, 0.1) is 11.7 Å². The number of anilines is 1. The summed E-state index contributed by atoms with van der Waals surface area (Å²) < 4.78 is 12.9. The van der Waals surface area contributed by atoms with E-state index < -0.39 is 0 Å². The monoisotopic (exact) mass is 300 g/mol. The van der Waals surface area contributed by atoms with Crippen molar-refractivity contribution in [3.8, 4) is 0 Å². The Labute approximate surface area is 125 Å². The van der Waals surface area contributed by atoms with E-state index in [-0.39, 0.29) is 30.7 Å². The molecule has 0 radical (unpaired) electrons. The maximum absolute atomic E-state index is 12.9. The van der Waals surface area contributed by atoms with Crippen LogP contribution in [0.25, 0.3) is 0 Å². The first-order valence-corrected chi connectivity index (χ1v) is 7.00. The fraction of sp³-hybridized carbons (Fsp3) is 0.533. The van der Waals surface area contributed by atoms with Gasteiger partial charge in [-0.25, -0.2) is 4.39 Å². The summed E-state index contributed by atoms with van der Waals surface area (Å²) >= 11 is 0. The minimum Gasteiger partial charge on any atom is -0.325 e. The molecule has 1 aromatic carbocycles.